The smallest absolute Gasteiger partial charge is 0.338 e. The van der Waals surface area contributed by atoms with Crippen LogP contribution in [-0.4, -0.2) is 27.5 Å². The van der Waals surface area contributed by atoms with Crippen LogP contribution in [0.15, 0.2) is 41.2 Å². The van der Waals surface area contributed by atoms with E-state index in [0.717, 1.165) is 12.8 Å². The van der Waals surface area contributed by atoms with Gasteiger partial charge in [-0.2, -0.15) is 0 Å². The molecule has 4 rings (SSSR count). The van der Waals surface area contributed by atoms with Crippen molar-refractivity contribution >= 4 is 51.7 Å². The molecule has 1 N–H and O–H groups in total. The first-order chi connectivity index (χ1) is 14.3. The third-order valence-electron chi connectivity index (χ3n) is 4.91. The first-order valence-electron chi connectivity index (χ1n) is 9.34. The number of esters is 1. The number of fused-ring (bicyclic) bond motifs is 2. The number of rotatable bonds is 4. The fourth-order valence-electron chi connectivity index (χ4n) is 3.33. The predicted octanol–water partition coefficient (Wildman–Crippen LogP) is 3.83. The molecule has 0 saturated heterocycles. The van der Waals surface area contributed by atoms with E-state index in [0.29, 0.717) is 34.0 Å². The number of anilines is 1. The number of hydrogen-bond acceptors (Lipinski definition) is 5. The minimum absolute atomic E-state index is 0.112. The van der Waals surface area contributed by atoms with Crippen molar-refractivity contribution in [2.75, 3.05) is 5.32 Å². The summed E-state index contributed by atoms with van der Waals surface area (Å²) in [5.41, 5.74) is 0.850. The van der Waals surface area contributed by atoms with Crippen LogP contribution < -0.4 is 10.9 Å². The maximum atomic E-state index is 12.5. The number of ether oxygens (including phenoxy) is 1. The monoisotopic (exact) mass is 445 g/mol. The first-order valence-corrected chi connectivity index (χ1v) is 10.1. The van der Waals surface area contributed by atoms with E-state index in [1.54, 1.807) is 28.8 Å². The summed E-state index contributed by atoms with van der Waals surface area (Å²) in [4.78, 5) is 41.9. The number of carbonyl (C=O) groups is 2. The number of hydrogen-bond donors (Lipinski definition) is 1. The largest absolute Gasteiger partial charge is 0.449 e. The zero-order valence-electron chi connectivity index (χ0n) is 15.9. The van der Waals surface area contributed by atoms with E-state index in [1.807, 2.05) is 0 Å². The molecule has 3 aromatic rings. The lowest BCUT2D eigenvalue weighted by atomic mass is 10.1. The summed E-state index contributed by atoms with van der Waals surface area (Å²) < 4.78 is 6.93. The van der Waals surface area contributed by atoms with Crippen molar-refractivity contribution in [2.24, 2.45) is 0 Å². The van der Waals surface area contributed by atoms with Gasteiger partial charge in [-0.3, -0.25) is 14.2 Å². The molecular formula is C21H17Cl2N3O4. The van der Waals surface area contributed by atoms with Crippen LogP contribution in [-0.2, 0) is 22.5 Å². The number of amides is 1. The van der Waals surface area contributed by atoms with E-state index in [1.165, 1.54) is 19.1 Å². The maximum Gasteiger partial charge on any atom is 0.338 e. The van der Waals surface area contributed by atoms with E-state index in [9.17, 15) is 14.4 Å². The Labute approximate surface area is 181 Å². The number of nitrogens with one attached hydrogen (secondary N) is 1. The van der Waals surface area contributed by atoms with Gasteiger partial charge in [0, 0.05) is 13.0 Å². The highest BCUT2D eigenvalue weighted by Crippen LogP contribution is 2.29. The number of nitrogens with zero attached hydrogens (tertiary/aromatic N) is 2. The van der Waals surface area contributed by atoms with Gasteiger partial charge in [0.1, 0.15) is 5.82 Å². The molecule has 154 valence electrons. The minimum Gasteiger partial charge on any atom is -0.449 e. The second kappa shape index (κ2) is 8.08. The average Bonchev–Trinajstić information content (AvgIpc) is 3.19. The molecule has 0 aliphatic carbocycles. The minimum atomic E-state index is -1.08. The number of carbonyl (C=O) groups excluding carboxylic acids is 2. The molecule has 1 amide bonds. The molecule has 2 heterocycles. The Morgan fingerprint density at radius 1 is 1.23 bits per heavy atom. The zero-order chi connectivity index (χ0) is 21.4. The van der Waals surface area contributed by atoms with Gasteiger partial charge in [-0.25, -0.2) is 9.78 Å². The van der Waals surface area contributed by atoms with E-state index < -0.39 is 18.0 Å². The molecule has 0 unspecified atom stereocenters. The molecule has 0 radical (unpaired) electrons. The summed E-state index contributed by atoms with van der Waals surface area (Å²) in [6, 6.07) is 9.39. The van der Waals surface area contributed by atoms with Gasteiger partial charge in [-0.05, 0) is 43.7 Å². The Bertz CT molecular complexity index is 1240. The molecule has 0 fully saturated rings. The highest BCUT2D eigenvalue weighted by Gasteiger charge is 2.22. The second-order valence-electron chi connectivity index (χ2n) is 6.96. The molecule has 1 aliphatic rings. The van der Waals surface area contributed by atoms with Crippen LogP contribution in [0, 0.1) is 0 Å². The van der Waals surface area contributed by atoms with Crippen molar-refractivity contribution < 1.29 is 14.3 Å². The van der Waals surface area contributed by atoms with Crippen molar-refractivity contribution in [2.45, 2.75) is 32.4 Å². The fourth-order valence-corrected chi connectivity index (χ4v) is 3.68. The third-order valence-corrected chi connectivity index (χ3v) is 5.73. The normalized spacial score (nSPS) is 13.7. The molecule has 0 bridgehead atoms. The Morgan fingerprint density at radius 2 is 2.03 bits per heavy atom. The Morgan fingerprint density at radius 3 is 2.83 bits per heavy atom. The summed E-state index contributed by atoms with van der Waals surface area (Å²) in [6.45, 7) is 2.11. The highest BCUT2D eigenvalue weighted by molar-refractivity contribution is 6.44. The fraction of sp³-hybridized carbons (Fsp3) is 0.238. The van der Waals surface area contributed by atoms with Crippen LogP contribution in [0.1, 0.15) is 29.5 Å². The first kappa shape index (κ1) is 20.4. The molecule has 7 nitrogen and oxygen atoms in total. The van der Waals surface area contributed by atoms with Crippen LogP contribution in [0.2, 0.25) is 10.0 Å². The van der Waals surface area contributed by atoms with Crippen molar-refractivity contribution in [3.8, 4) is 0 Å². The van der Waals surface area contributed by atoms with Gasteiger partial charge in [0.25, 0.3) is 11.5 Å². The van der Waals surface area contributed by atoms with Gasteiger partial charge in [-0.1, -0.05) is 29.3 Å². The third kappa shape index (κ3) is 3.78. The molecule has 1 aliphatic heterocycles. The number of benzene rings is 2. The topological polar surface area (TPSA) is 90.3 Å². The summed E-state index contributed by atoms with van der Waals surface area (Å²) in [5, 5.41) is 3.52. The lowest BCUT2D eigenvalue weighted by molar-refractivity contribution is -0.123. The summed E-state index contributed by atoms with van der Waals surface area (Å²) in [5.74, 6) is -0.536. The molecule has 1 aromatic heterocycles. The van der Waals surface area contributed by atoms with Crippen LogP contribution >= 0.6 is 23.2 Å². The molecule has 0 saturated carbocycles. The van der Waals surface area contributed by atoms with Gasteiger partial charge < -0.3 is 10.1 Å². The number of aryl methyl sites for hydroxylation is 1. The van der Waals surface area contributed by atoms with Crippen molar-refractivity contribution in [3.63, 3.8) is 0 Å². The van der Waals surface area contributed by atoms with Crippen LogP contribution in [0.3, 0.4) is 0 Å². The van der Waals surface area contributed by atoms with Crippen LogP contribution in [0.5, 0.6) is 0 Å². The second-order valence-corrected chi connectivity index (χ2v) is 7.74. The lowest BCUT2D eigenvalue weighted by Gasteiger charge is -2.15. The standard InChI is InChI=1S/C21H17Cl2N3O4/c1-11(19(27)25-15-5-2-4-14(22)18(15)23)30-21(29)12-7-8-13-16(10-12)24-17-6-3-9-26(17)20(13)28/h2,4-5,7-8,10-11H,3,6,9H2,1H3,(H,25,27)/t11-/m1/s1. The van der Waals surface area contributed by atoms with E-state index in [2.05, 4.69) is 10.3 Å². The van der Waals surface area contributed by atoms with Crippen molar-refractivity contribution in [1.82, 2.24) is 9.55 Å². The molecular weight excluding hydrogens is 429 g/mol. The Balaban J connectivity index is 1.51. The predicted molar refractivity (Wildman–Crippen MR) is 114 cm³/mol. The van der Waals surface area contributed by atoms with Crippen molar-refractivity contribution in [1.29, 1.82) is 0 Å². The van der Waals surface area contributed by atoms with E-state index >= 15 is 0 Å². The van der Waals surface area contributed by atoms with Crippen molar-refractivity contribution in [3.05, 3.63) is 68.2 Å². The van der Waals surface area contributed by atoms with Crippen LogP contribution in [0.4, 0.5) is 5.69 Å². The van der Waals surface area contributed by atoms with Crippen LogP contribution in [0.25, 0.3) is 10.9 Å². The SMILES string of the molecule is C[C@@H](OC(=O)c1ccc2c(=O)n3c(nc2c1)CCC3)C(=O)Nc1cccc(Cl)c1Cl. The Hall–Kier alpha value is -2.90. The lowest BCUT2D eigenvalue weighted by Crippen LogP contribution is -2.30. The number of halogens is 2. The zero-order valence-corrected chi connectivity index (χ0v) is 17.5. The molecule has 1 atom stereocenters. The summed E-state index contributed by atoms with van der Waals surface area (Å²) in [7, 11) is 0. The maximum absolute atomic E-state index is 12.5. The number of aromatic nitrogens is 2. The van der Waals surface area contributed by atoms with Gasteiger partial charge in [0.15, 0.2) is 6.10 Å². The molecule has 9 heteroatoms. The van der Waals surface area contributed by atoms with E-state index in [-0.39, 0.29) is 16.1 Å². The van der Waals surface area contributed by atoms with E-state index in [4.69, 9.17) is 27.9 Å². The molecule has 30 heavy (non-hydrogen) atoms. The van der Waals surface area contributed by atoms with Gasteiger partial charge in [0.2, 0.25) is 0 Å². The highest BCUT2D eigenvalue weighted by atomic mass is 35.5. The Kier molecular flexibility index (Phi) is 5.49. The quantitative estimate of drug-likeness (QED) is 0.616. The summed E-state index contributed by atoms with van der Waals surface area (Å²) in [6.07, 6.45) is 0.515. The van der Waals surface area contributed by atoms with Gasteiger partial charge in [0.05, 0.1) is 32.2 Å². The van der Waals surface area contributed by atoms with Gasteiger partial charge >= 0.3 is 5.97 Å². The summed E-state index contributed by atoms with van der Waals surface area (Å²) >= 11 is 12.0. The average molecular weight is 446 g/mol. The van der Waals surface area contributed by atoms with Gasteiger partial charge in [-0.15, -0.1) is 0 Å². The molecule has 0 spiro atoms. The molecule has 2 aromatic carbocycles.